The predicted molar refractivity (Wildman–Crippen MR) is 85.6 cm³/mol. The zero-order valence-corrected chi connectivity index (χ0v) is 13.4. The van der Waals surface area contributed by atoms with Gasteiger partial charge < -0.3 is 20.2 Å². The Morgan fingerprint density at radius 1 is 1.26 bits per heavy atom. The van der Waals surface area contributed by atoms with Gasteiger partial charge in [0.2, 0.25) is 0 Å². The van der Waals surface area contributed by atoms with E-state index in [2.05, 4.69) is 16.7 Å². The summed E-state index contributed by atoms with van der Waals surface area (Å²) in [5.74, 6) is -0.373. The Bertz CT molecular complexity index is 577. The molecule has 0 aromatic carbocycles. The summed E-state index contributed by atoms with van der Waals surface area (Å²) in [4.78, 5) is 23.4. The monoisotopic (exact) mass is 320 g/mol. The van der Waals surface area contributed by atoms with Crippen LogP contribution in [0.5, 0.6) is 0 Å². The highest BCUT2D eigenvalue weighted by Crippen LogP contribution is 2.19. The third-order valence-electron chi connectivity index (χ3n) is 3.87. The molecule has 1 atom stereocenters. The lowest BCUT2D eigenvalue weighted by molar-refractivity contribution is -0.139. The average molecular weight is 320 g/mol. The summed E-state index contributed by atoms with van der Waals surface area (Å²) in [7, 11) is 0. The van der Waals surface area contributed by atoms with E-state index in [4.69, 9.17) is 4.42 Å². The molecule has 1 aromatic rings. The third-order valence-corrected chi connectivity index (χ3v) is 3.87. The second-order valence-electron chi connectivity index (χ2n) is 5.79. The minimum Gasteiger partial charge on any atom is -0.464 e. The number of furan rings is 1. The van der Waals surface area contributed by atoms with Crippen molar-refractivity contribution in [2.45, 2.75) is 45.1 Å². The predicted octanol–water partition coefficient (Wildman–Crippen LogP) is 1.74. The molecular weight excluding hydrogens is 296 g/mol. The van der Waals surface area contributed by atoms with Gasteiger partial charge in [-0.2, -0.15) is 0 Å². The highest BCUT2D eigenvalue weighted by atomic mass is 16.4. The van der Waals surface area contributed by atoms with Gasteiger partial charge in [0.05, 0.1) is 6.54 Å². The first-order valence-corrected chi connectivity index (χ1v) is 8.04. The lowest BCUT2D eigenvalue weighted by Crippen LogP contribution is -2.41. The zero-order valence-electron chi connectivity index (χ0n) is 13.4. The fourth-order valence-electron chi connectivity index (χ4n) is 2.55. The Morgan fingerprint density at radius 2 is 2.04 bits per heavy atom. The summed E-state index contributed by atoms with van der Waals surface area (Å²) in [6.45, 7) is 2.16. The highest BCUT2D eigenvalue weighted by molar-refractivity contribution is 6.35. The van der Waals surface area contributed by atoms with Gasteiger partial charge in [-0.15, -0.1) is 0 Å². The fraction of sp³-hybridized carbons (Fsp3) is 0.529. The number of hydrogen-bond donors (Lipinski definition) is 3. The number of hydrogen-bond acceptors (Lipinski definition) is 4. The van der Waals surface area contributed by atoms with Gasteiger partial charge >= 0.3 is 11.8 Å². The minimum absolute atomic E-state index is 0.0651. The molecule has 1 aliphatic carbocycles. The maximum Gasteiger partial charge on any atom is 0.309 e. The number of carbonyl (C=O) groups excluding carboxylic acids is 2. The number of aliphatic hydroxyl groups excluding tert-OH is 1. The van der Waals surface area contributed by atoms with Crippen molar-refractivity contribution in [2.24, 2.45) is 0 Å². The molecule has 1 heterocycles. The fourth-order valence-corrected chi connectivity index (χ4v) is 2.55. The van der Waals surface area contributed by atoms with Crippen molar-refractivity contribution >= 4 is 11.8 Å². The molecule has 0 saturated heterocycles. The second-order valence-corrected chi connectivity index (χ2v) is 5.79. The minimum atomic E-state index is -0.965. The number of rotatable bonds is 6. The van der Waals surface area contributed by atoms with E-state index in [0.29, 0.717) is 18.1 Å². The van der Waals surface area contributed by atoms with Crippen molar-refractivity contribution in [3.05, 3.63) is 35.3 Å². The van der Waals surface area contributed by atoms with Crippen LogP contribution in [0.25, 0.3) is 0 Å². The van der Waals surface area contributed by atoms with Crippen LogP contribution in [0.1, 0.15) is 49.7 Å². The molecule has 0 aliphatic heterocycles. The van der Waals surface area contributed by atoms with Crippen LogP contribution in [-0.2, 0) is 9.59 Å². The van der Waals surface area contributed by atoms with Gasteiger partial charge in [0.25, 0.3) is 0 Å². The molecule has 2 amide bonds. The quantitative estimate of drug-likeness (QED) is 0.550. The highest BCUT2D eigenvalue weighted by Gasteiger charge is 2.17. The van der Waals surface area contributed by atoms with E-state index in [1.165, 1.54) is 18.4 Å². The largest absolute Gasteiger partial charge is 0.464 e. The summed E-state index contributed by atoms with van der Waals surface area (Å²) >= 11 is 0. The van der Waals surface area contributed by atoms with Crippen molar-refractivity contribution in [3.63, 3.8) is 0 Å². The molecule has 6 nitrogen and oxygen atoms in total. The summed E-state index contributed by atoms with van der Waals surface area (Å²) < 4.78 is 5.26. The van der Waals surface area contributed by atoms with Crippen molar-refractivity contribution in [3.8, 4) is 0 Å². The van der Waals surface area contributed by atoms with E-state index in [0.717, 1.165) is 19.3 Å². The normalized spacial score (nSPS) is 15.7. The lowest BCUT2D eigenvalue weighted by Gasteiger charge is -2.13. The molecular formula is C17H24N2O4. The SMILES string of the molecule is Cc1ccc([C@@H](O)CNC(=O)C(=O)NCCC2=CCCCC2)o1. The van der Waals surface area contributed by atoms with Crippen LogP contribution in [0.3, 0.4) is 0 Å². The van der Waals surface area contributed by atoms with Crippen LogP contribution in [0.4, 0.5) is 0 Å². The Labute approximate surface area is 135 Å². The van der Waals surface area contributed by atoms with E-state index in [-0.39, 0.29) is 6.54 Å². The van der Waals surface area contributed by atoms with Crippen LogP contribution in [0.15, 0.2) is 28.2 Å². The molecule has 2 rings (SSSR count). The average Bonchev–Trinajstić information content (AvgIpc) is 2.99. The number of amides is 2. The number of allylic oxidation sites excluding steroid dienone is 1. The molecule has 23 heavy (non-hydrogen) atoms. The van der Waals surface area contributed by atoms with E-state index >= 15 is 0 Å². The van der Waals surface area contributed by atoms with Crippen LogP contribution in [0.2, 0.25) is 0 Å². The van der Waals surface area contributed by atoms with Crippen molar-refractivity contribution in [1.29, 1.82) is 0 Å². The topological polar surface area (TPSA) is 91.6 Å². The van der Waals surface area contributed by atoms with E-state index in [9.17, 15) is 14.7 Å². The maximum atomic E-state index is 11.7. The van der Waals surface area contributed by atoms with Gasteiger partial charge in [-0.25, -0.2) is 0 Å². The summed E-state index contributed by atoms with van der Waals surface area (Å²) in [6.07, 6.45) is 6.66. The van der Waals surface area contributed by atoms with Crippen molar-refractivity contribution in [1.82, 2.24) is 10.6 Å². The third kappa shape index (κ3) is 5.56. The smallest absolute Gasteiger partial charge is 0.309 e. The van der Waals surface area contributed by atoms with Crippen LogP contribution in [-0.4, -0.2) is 30.0 Å². The van der Waals surface area contributed by atoms with Gasteiger partial charge in [0.1, 0.15) is 17.6 Å². The van der Waals surface area contributed by atoms with Gasteiger partial charge in [-0.3, -0.25) is 9.59 Å². The molecule has 126 valence electrons. The van der Waals surface area contributed by atoms with E-state index in [1.807, 2.05) is 0 Å². The number of nitrogens with one attached hydrogen (secondary N) is 2. The zero-order chi connectivity index (χ0) is 16.7. The summed E-state index contributed by atoms with van der Waals surface area (Å²) in [5, 5.41) is 14.9. The van der Waals surface area contributed by atoms with Gasteiger partial charge in [0, 0.05) is 6.54 Å². The number of aliphatic hydroxyl groups is 1. The maximum absolute atomic E-state index is 11.7. The first kappa shape index (κ1) is 17.3. The molecule has 0 bridgehead atoms. The molecule has 3 N–H and O–H groups in total. The van der Waals surface area contributed by atoms with E-state index in [1.54, 1.807) is 19.1 Å². The van der Waals surface area contributed by atoms with Gasteiger partial charge in [0.15, 0.2) is 0 Å². The molecule has 0 radical (unpaired) electrons. The molecule has 0 fully saturated rings. The Balaban J connectivity index is 1.66. The van der Waals surface area contributed by atoms with Crippen LogP contribution >= 0.6 is 0 Å². The van der Waals surface area contributed by atoms with Gasteiger partial charge in [-0.05, 0) is 51.2 Å². The van der Waals surface area contributed by atoms with Crippen molar-refractivity contribution < 1.29 is 19.1 Å². The molecule has 1 aromatic heterocycles. The Hall–Kier alpha value is -2.08. The van der Waals surface area contributed by atoms with E-state index < -0.39 is 17.9 Å². The molecule has 0 saturated carbocycles. The molecule has 1 aliphatic rings. The molecule has 0 unspecified atom stereocenters. The second kappa shape index (κ2) is 8.53. The lowest BCUT2D eigenvalue weighted by atomic mass is 9.97. The van der Waals surface area contributed by atoms with Crippen LogP contribution < -0.4 is 10.6 Å². The summed E-state index contributed by atoms with van der Waals surface area (Å²) in [5.41, 5.74) is 1.35. The Kier molecular flexibility index (Phi) is 6.40. The van der Waals surface area contributed by atoms with Gasteiger partial charge in [-0.1, -0.05) is 11.6 Å². The first-order chi connectivity index (χ1) is 11.1. The van der Waals surface area contributed by atoms with Crippen LogP contribution in [0, 0.1) is 6.92 Å². The standard InChI is InChI=1S/C17H24N2O4/c1-12-7-8-15(23-12)14(20)11-19-17(22)16(21)18-10-9-13-5-3-2-4-6-13/h5,7-8,14,20H,2-4,6,9-11H2,1H3,(H,18,21)(H,19,22)/t14-/m0/s1. The summed E-state index contributed by atoms with van der Waals surface area (Å²) in [6, 6.07) is 3.37. The Morgan fingerprint density at radius 3 is 2.70 bits per heavy atom. The number of aryl methyl sites for hydroxylation is 1. The first-order valence-electron chi connectivity index (χ1n) is 8.04. The number of carbonyl (C=O) groups is 2. The van der Waals surface area contributed by atoms with Crippen molar-refractivity contribution in [2.75, 3.05) is 13.1 Å². The molecule has 6 heteroatoms. The molecule has 0 spiro atoms.